The fraction of sp³-hybridized carbons (Fsp3) is 0.204. The van der Waals surface area contributed by atoms with Crippen LogP contribution < -0.4 is 0 Å². The lowest BCUT2D eigenvalue weighted by Gasteiger charge is -2.16. The number of benzene rings is 15. The minimum atomic E-state index is 0.0371. The molecule has 132 heavy (non-hydrogen) atoms. The number of phenols is 19. The molecule has 19 heteroatoms. The zero-order valence-corrected chi connectivity index (χ0v) is 76.5. The first-order chi connectivity index (χ1) is 62.5. The van der Waals surface area contributed by atoms with Crippen LogP contribution in [0.25, 0.3) is 0 Å². The molecule has 0 fully saturated rings. The number of aromatic hydroxyl groups is 19. The Balaban J connectivity index is 0.000000159. The van der Waals surface area contributed by atoms with Crippen LogP contribution in [0.15, 0.2) is 231 Å². The number of phenolic OH excluding ortho intramolecular Hbond substituents is 19. The monoisotopic (exact) mass is 1780 g/mol. The summed E-state index contributed by atoms with van der Waals surface area (Å²) in [6, 6.07) is 67.3. The van der Waals surface area contributed by atoms with Gasteiger partial charge in [0, 0.05) is 87.5 Å². The maximum Gasteiger partial charge on any atom is 0.125 e. The maximum atomic E-state index is 10.8. The van der Waals surface area contributed by atoms with Crippen LogP contribution in [-0.4, -0.2) is 97.0 Å². The van der Waals surface area contributed by atoms with Crippen LogP contribution in [0.3, 0.4) is 0 Å². The highest BCUT2D eigenvalue weighted by Gasteiger charge is 2.22. The van der Waals surface area contributed by atoms with Gasteiger partial charge in [0.25, 0.3) is 0 Å². The minimum absolute atomic E-state index is 0.0371. The molecule has 0 aliphatic heterocycles. The quantitative estimate of drug-likeness (QED) is 0.0337. The van der Waals surface area contributed by atoms with Crippen LogP contribution in [0.2, 0.25) is 0 Å². The molecule has 0 spiro atoms. The Bertz CT molecular complexity index is 6220. The summed E-state index contributed by atoms with van der Waals surface area (Å²) in [4.78, 5) is 0. The molecule has 0 aliphatic carbocycles. The van der Waals surface area contributed by atoms with Crippen molar-refractivity contribution < 1.29 is 97.0 Å². The topological polar surface area (TPSA) is 384 Å². The summed E-state index contributed by atoms with van der Waals surface area (Å²) in [5.74, 6) is 3.14. The molecule has 0 saturated heterocycles. The zero-order valence-electron chi connectivity index (χ0n) is 76.5. The minimum Gasteiger partial charge on any atom is -0.508 e. The Hall–Kier alpha value is -15.5. The first-order valence-corrected chi connectivity index (χ1v) is 43.3. The predicted octanol–water partition coefficient (Wildman–Crippen LogP) is 22.8. The van der Waals surface area contributed by atoms with E-state index in [1.54, 1.807) is 135 Å². The maximum absolute atomic E-state index is 10.8. The summed E-state index contributed by atoms with van der Waals surface area (Å²) in [6.45, 7) is 24.2. The number of hydrogen-bond donors (Lipinski definition) is 19. The number of rotatable bonds is 20. The molecule has 0 atom stereocenters. The van der Waals surface area contributed by atoms with Gasteiger partial charge < -0.3 is 97.0 Å². The lowest BCUT2D eigenvalue weighted by Crippen LogP contribution is -1.98. The summed E-state index contributed by atoms with van der Waals surface area (Å²) in [6.07, 6.45) is 4.87. The van der Waals surface area contributed by atoms with E-state index >= 15 is 0 Å². The molecule has 0 aliphatic rings. The van der Waals surface area contributed by atoms with E-state index < -0.39 is 0 Å². The largest absolute Gasteiger partial charge is 0.508 e. The van der Waals surface area contributed by atoms with Crippen molar-refractivity contribution in [1.82, 2.24) is 0 Å². The first kappa shape index (κ1) is 97.1. The van der Waals surface area contributed by atoms with E-state index in [4.69, 9.17) is 0 Å². The van der Waals surface area contributed by atoms with Crippen molar-refractivity contribution in [2.45, 2.75) is 154 Å². The van der Waals surface area contributed by atoms with Gasteiger partial charge in [-0.3, -0.25) is 0 Å². The standard InChI is InChI=1S/C25H28O4.C24H26O4.C23H24O3.C21H20O4.C20H18O4/c1-13-6-18(7-14(2)22(13)26)10-20-12-21(25(29)17(5)24(20)28)11-19-8-15(3)23(27)16(4)9-19;1-13-5-17(6-14(2)23(13)27)9-19-11-20(22(26)12-21(19)25)10-18-7-15(3)24(28)16(4)8-18;1-14-4-6-21(24)17(8-14)12-19-10-16(3)11-20(23(19)26)13-18-9-15(2)5-7-22(18)25;1-13-20(24)16(10-14-2-6-18(22)7-3-14)12-17(21(13)25)11-15-4-8-19(23)9-5-15;21-17-5-1-13(2-6-17)9-15-11-16(20(24)12-19(15)23)10-14-3-7-18(22)8-4-14/h6-9,12,26-29H,10-11H2,1-5H3;5-8,11-12,25-28H,9-10H2,1-4H3;4-11,24-26H,12-13H2,1-3H3;2-9,12,22-25H,10-11H2,1H3;1-8,11-12,21-24H,9-10H2. The molecular weight excluding hydrogens is 1660 g/mol. The van der Waals surface area contributed by atoms with Crippen LogP contribution in [-0.2, 0) is 64.2 Å². The van der Waals surface area contributed by atoms with Gasteiger partial charge in [-0.15, -0.1) is 0 Å². The van der Waals surface area contributed by atoms with E-state index in [1.165, 1.54) is 12.1 Å². The molecule has 0 heterocycles. The van der Waals surface area contributed by atoms with Crippen LogP contribution >= 0.6 is 0 Å². The SMILES string of the molecule is Cc1c(O)c(Cc2ccc(O)cc2)cc(Cc2ccc(O)cc2)c1O.Cc1cc(Cc2cc(Cc3cc(C)c(O)c(C)c3)c(O)c(C)c2O)cc(C)c1O.Cc1cc(Cc2cc(Cc3cc(C)c(O)c(C)c3)c(O)cc2O)cc(C)c1O.Cc1ccc(O)c(Cc2cc(C)cc(Cc3cc(C)ccc3O)c2O)c1.Oc1ccc(Cc2cc(Cc3ccc(O)cc3)c(O)cc2O)cc1. The van der Waals surface area contributed by atoms with Crippen molar-refractivity contribution >= 4 is 0 Å². The van der Waals surface area contributed by atoms with Gasteiger partial charge in [-0.2, -0.15) is 0 Å². The summed E-state index contributed by atoms with van der Waals surface area (Å²) >= 11 is 0. The Morgan fingerprint density at radius 3 is 0.553 bits per heavy atom. The average Bonchev–Trinajstić information content (AvgIpc) is 0.794. The van der Waals surface area contributed by atoms with Crippen LogP contribution in [0.5, 0.6) is 109 Å². The summed E-state index contributed by atoms with van der Waals surface area (Å²) in [7, 11) is 0. The Morgan fingerprint density at radius 1 is 0.136 bits per heavy atom. The van der Waals surface area contributed by atoms with Crippen molar-refractivity contribution in [3.05, 3.63) is 414 Å². The third-order valence-corrected chi connectivity index (χ3v) is 23.6. The Labute approximate surface area is 770 Å². The van der Waals surface area contributed by atoms with Crippen LogP contribution in [0, 0.1) is 90.0 Å². The number of aryl methyl sites for hydroxylation is 11. The molecule has 15 aromatic carbocycles. The fourth-order valence-corrected chi connectivity index (χ4v) is 16.5. The molecule has 19 nitrogen and oxygen atoms in total. The molecule has 0 saturated carbocycles. The van der Waals surface area contributed by atoms with Crippen molar-refractivity contribution in [2.75, 3.05) is 0 Å². The molecule has 0 unspecified atom stereocenters. The van der Waals surface area contributed by atoms with Crippen molar-refractivity contribution in [1.29, 1.82) is 0 Å². The average molecular weight is 1780 g/mol. The fourth-order valence-electron chi connectivity index (χ4n) is 16.5. The van der Waals surface area contributed by atoms with Crippen LogP contribution in [0.4, 0.5) is 0 Å². The molecule has 0 aromatic heterocycles. The zero-order chi connectivity index (χ0) is 96.0. The van der Waals surface area contributed by atoms with E-state index in [1.807, 2.05) is 173 Å². The van der Waals surface area contributed by atoms with E-state index in [-0.39, 0.29) is 97.7 Å². The highest BCUT2D eigenvalue weighted by atomic mass is 16.3. The Kier molecular flexibility index (Phi) is 31.4. The van der Waals surface area contributed by atoms with Gasteiger partial charge in [-0.25, -0.2) is 0 Å². The molecule has 0 bridgehead atoms. The molecule has 15 aromatic rings. The van der Waals surface area contributed by atoms with Gasteiger partial charge in [0.05, 0.1) is 0 Å². The molecule has 682 valence electrons. The first-order valence-electron chi connectivity index (χ1n) is 43.3. The van der Waals surface area contributed by atoms with Gasteiger partial charge in [0.1, 0.15) is 109 Å². The van der Waals surface area contributed by atoms with Crippen molar-refractivity contribution in [2.24, 2.45) is 0 Å². The second-order valence-corrected chi connectivity index (χ2v) is 34.7. The lowest BCUT2D eigenvalue weighted by molar-refractivity contribution is 0.435. The van der Waals surface area contributed by atoms with E-state index in [9.17, 15) is 97.0 Å². The van der Waals surface area contributed by atoms with E-state index in [0.29, 0.717) is 109 Å². The third kappa shape index (κ3) is 25.1. The second kappa shape index (κ2) is 42.6. The van der Waals surface area contributed by atoms with E-state index in [2.05, 4.69) is 0 Å². The van der Waals surface area contributed by atoms with Crippen molar-refractivity contribution in [3.8, 4) is 109 Å². The molecule has 15 rings (SSSR count). The normalized spacial score (nSPS) is 10.9. The smallest absolute Gasteiger partial charge is 0.125 e. The molecule has 0 radical (unpaired) electrons. The summed E-state index contributed by atoms with van der Waals surface area (Å²) in [5.41, 5.74) is 27.0. The van der Waals surface area contributed by atoms with Gasteiger partial charge in [-0.1, -0.05) is 150 Å². The lowest BCUT2D eigenvalue weighted by atomic mass is 9.92. The van der Waals surface area contributed by atoms with Crippen molar-refractivity contribution in [3.63, 3.8) is 0 Å². The molecule has 19 N–H and O–H groups in total. The highest BCUT2D eigenvalue weighted by molar-refractivity contribution is 5.60. The van der Waals surface area contributed by atoms with E-state index in [0.717, 1.165) is 150 Å². The van der Waals surface area contributed by atoms with Gasteiger partial charge in [-0.05, 0) is 331 Å². The van der Waals surface area contributed by atoms with Gasteiger partial charge >= 0.3 is 0 Å². The second-order valence-electron chi connectivity index (χ2n) is 34.7. The van der Waals surface area contributed by atoms with Gasteiger partial charge in [0.2, 0.25) is 0 Å². The predicted molar refractivity (Wildman–Crippen MR) is 518 cm³/mol. The number of hydrogen-bond acceptors (Lipinski definition) is 19. The molecule has 0 amide bonds. The summed E-state index contributed by atoms with van der Waals surface area (Å²) in [5, 5.41) is 191. The Morgan fingerprint density at radius 2 is 0.318 bits per heavy atom. The summed E-state index contributed by atoms with van der Waals surface area (Å²) < 4.78 is 0. The highest BCUT2D eigenvalue weighted by Crippen LogP contribution is 2.42. The van der Waals surface area contributed by atoms with Crippen LogP contribution in [0.1, 0.15) is 184 Å². The molecular formula is C113H116O19. The third-order valence-electron chi connectivity index (χ3n) is 23.6. The van der Waals surface area contributed by atoms with Gasteiger partial charge in [0.15, 0.2) is 0 Å².